The molecule has 6 aliphatic rings. The van der Waals surface area contributed by atoms with Gasteiger partial charge >= 0.3 is 24.6 Å². The van der Waals surface area contributed by atoms with Gasteiger partial charge in [-0.15, -0.1) is 0 Å². The van der Waals surface area contributed by atoms with Crippen molar-refractivity contribution >= 4 is 77.3 Å². The van der Waals surface area contributed by atoms with Gasteiger partial charge in [0, 0.05) is 112 Å². The average molecular weight is 1340 g/mol. The van der Waals surface area contributed by atoms with E-state index in [-0.39, 0.29) is 101 Å². The van der Waals surface area contributed by atoms with Crippen molar-refractivity contribution < 1.29 is 89.3 Å². The van der Waals surface area contributed by atoms with Crippen molar-refractivity contribution in [3.63, 3.8) is 0 Å². The summed E-state index contributed by atoms with van der Waals surface area (Å²) in [6, 6.07) is 2.74. The number of hydrogen-bond donors (Lipinski definition) is 12. The number of aromatic nitrogens is 2. The number of fused-ring (bicyclic) bond motifs is 7. The maximum Gasteiger partial charge on any atom is 3.00 e. The second-order valence-corrected chi connectivity index (χ2v) is 28.4. The van der Waals surface area contributed by atoms with Crippen LogP contribution in [0.4, 0.5) is 0 Å². The number of allylic oxidation sites excluding steroid dienone is 6. The van der Waals surface area contributed by atoms with Gasteiger partial charge in [-0.2, -0.15) is 4.57 Å². The number of phosphoric ester groups is 1. The smallest absolute Gasteiger partial charge is 0.862 e. The molecule has 2 aromatic rings. The van der Waals surface area contributed by atoms with Gasteiger partial charge in [0.25, 0.3) is 0 Å². The van der Waals surface area contributed by atoms with E-state index in [0.29, 0.717) is 50.9 Å². The van der Waals surface area contributed by atoms with Gasteiger partial charge in [-0.25, -0.2) is 9.55 Å². The molecule has 0 spiro atoms. The van der Waals surface area contributed by atoms with Gasteiger partial charge in [-0.1, -0.05) is 34.6 Å². The first kappa shape index (κ1) is 74.5. The summed E-state index contributed by atoms with van der Waals surface area (Å²) in [5.41, 5.74) is 19.4. The molecule has 8 bridgehead atoms. The number of aromatic amines is 1. The molecule has 2 unspecified atom stereocenters. The number of nitrogens with zero attached hydrogens (tertiary/aromatic N) is 4. The summed E-state index contributed by atoms with van der Waals surface area (Å²) in [6.45, 7) is 19.0. The molecular formula is C63H91CoN13O14P. The first-order valence-electron chi connectivity index (χ1n) is 30.5. The van der Waals surface area contributed by atoms with Crippen molar-refractivity contribution in [2.75, 3.05) is 13.2 Å². The molecule has 4 amide bonds. The number of primary amides is 3. The van der Waals surface area contributed by atoms with E-state index in [1.165, 1.54) is 6.92 Å². The number of rotatable bonds is 26. The van der Waals surface area contributed by atoms with Crippen LogP contribution >= 0.6 is 7.82 Å². The summed E-state index contributed by atoms with van der Waals surface area (Å²) < 4.78 is 32.3. The SMILES string of the molecule is CC1=C2N=C(C=C3NC(=C(C)C4=N[C@@](C)([C@@H]5N=C1[C@](C)(CCC(=O)NCC(C)OP(=O)(O)O[C@H]1[C@@H](O)[C@@H]([n+]6c[nH]c7cc(C)c(C)cc76)O[C@@H]1CO)[C@H]5CC(N)=O)[C@@](C)(CC(N)=O)[C@@H]4CCC(=N)[O-])[C@@](C)(CC(N)=O)[C@@H]3CCC(=N)[O-])C(C)(C)[C@@H]2CCC(=N)[O-].[CH3-].[Co+3]. The van der Waals surface area contributed by atoms with E-state index in [9.17, 15) is 54.2 Å². The van der Waals surface area contributed by atoms with E-state index >= 15 is 0 Å². The molecule has 0 saturated carbocycles. The van der Waals surface area contributed by atoms with Gasteiger partial charge in [0.2, 0.25) is 36.2 Å². The summed E-state index contributed by atoms with van der Waals surface area (Å²) in [6.07, 6.45) is -4.86. The number of nitrogens with two attached hydrogens (primary N) is 3. The maximum atomic E-state index is 14.4. The van der Waals surface area contributed by atoms with Crippen LogP contribution in [0.5, 0.6) is 0 Å². The molecule has 6 aliphatic heterocycles. The standard InChI is InChI=1S/C62H90N13O14P.CH3.Co/c1-29-20-39-40(21-30(29)2)75(28-70-39)57-52(84)53(41(27-76)87-57)89-90(85,86)88-31(3)26-69-49(83)18-19-59(8)37(22-46(66)80)56-62(11)61(10,25-48(68)82)36(14-17-45(65)79)51(74-62)33(5)55-60(9,24-47(67)81)34(12-15-43(63)77)38(71-55)23-42-58(6,7)35(13-16-44(64)78)50(72-42)32(4)54(59)73-56;;/h20-21,23,28,31,34-37,41,52-53,56-57,76,84H,12-19,22,24-27H2,1-11H3,(H15,63,64,65,66,67,68,69,71,72,73,74,77,78,79,80,81,82,83,85,86);1H3;/q;-1;+3/p-2/t31?,34-,35-,36-,37+,41-,52-,53-,56-,57+,59-,60+,61+,62+;;/m1../s1. The maximum absolute atomic E-state index is 14.4. The quantitative estimate of drug-likeness (QED) is 0.0212. The third-order valence-electron chi connectivity index (χ3n) is 20.6. The molecule has 15 N–H and O–H groups in total. The fourth-order valence-corrected chi connectivity index (χ4v) is 16.6. The van der Waals surface area contributed by atoms with Crippen LogP contribution in [-0.2, 0) is 54.3 Å². The minimum Gasteiger partial charge on any atom is -0.862 e. The van der Waals surface area contributed by atoms with Crippen molar-refractivity contribution in [3.8, 4) is 0 Å². The molecule has 0 radical (unpaired) electrons. The third kappa shape index (κ3) is 14.1. The number of phosphoric acid groups is 1. The minimum absolute atomic E-state index is 0. The number of amides is 4. The summed E-state index contributed by atoms with van der Waals surface area (Å²) in [5, 5.41) is 90.2. The second-order valence-electron chi connectivity index (χ2n) is 27.0. The van der Waals surface area contributed by atoms with Crippen molar-refractivity contribution in [2.24, 2.45) is 77.5 Å². The van der Waals surface area contributed by atoms with Crippen molar-refractivity contribution in [2.45, 2.75) is 189 Å². The summed E-state index contributed by atoms with van der Waals surface area (Å²) in [7, 11) is -5.07. The first-order valence-corrected chi connectivity index (χ1v) is 32.0. The van der Waals surface area contributed by atoms with Crippen molar-refractivity contribution in [3.05, 3.63) is 71.3 Å². The molecule has 29 heteroatoms. The van der Waals surface area contributed by atoms with Crippen LogP contribution in [0.15, 0.2) is 67.8 Å². The van der Waals surface area contributed by atoms with E-state index < -0.39 is 143 Å². The molecule has 15 atom stereocenters. The molecular weight excluding hydrogens is 1250 g/mol. The normalized spacial score (nSPS) is 31.3. The number of aliphatic hydroxyl groups excluding tert-OH is 2. The van der Waals surface area contributed by atoms with E-state index in [1.807, 2.05) is 59.8 Å². The van der Waals surface area contributed by atoms with Crippen LogP contribution < -0.4 is 47.7 Å². The zero-order valence-electron chi connectivity index (χ0n) is 54.4. The number of carbonyl (C=O) groups is 4. The summed E-state index contributed by atoms with van der Waals surface area (Å²) in [4.78, 5) is 86.0. The Morgan fingerprint density at radius 2 is 1.45 bits per heavy atom. The molecule has 2 saturated heterocycles. The summed E-state index contributed by atoms with van der Waals surface area (Å²) >= 11 is 0. The fraction of sp³-hybridized carbons (Fsp3) is 0.619. The average Bonchev–Trinajstić information content (AvgIpc) is 1.53. The topological polar surface area (TPSA) is 473 Å². The van der Waals surface area contributed by atoms with Crippen LogP contribution in [0.1, 0.15) is 150 Å². The fourth-order valence-electron chi connectivity index (χ4n) is 15.5. The van der Waals surface area contributed by atoms with Crippen LogP contribution in [-0.4, -0.2) is 128 Å². The molecule has 8 rings (SSSR count). The van der Waals surface area contributed by atoms with Gasteiger partial charge in [0.05, 0.1) is 24.3 Å². The molecule has 1 aromatic heterocycles. The second kappa shape index (κ2) is 27.8. The number of aliphatic imine (C=N–C) groups is 3. The number of ether oxygens (including phenoxy) is 1. The summed E-state index contributed by atoms with van der Waals surface area (Å²) in [5.74, 6) is -8.24. The number of H-pyrrole nitrogens is 1. The largest absolute Gasteiger partial charge is 3.00 e. The number of carbonyl (C=O) groups excluding carboxylic acids is 4. The Morgan fingerprint density at radius 1 is 0.859 bits per heavy atom. The van der Waals surface area contributed by atoms with Crippen LogP contribution in [0.2, 0.25) is 0 Å². The van der Waals surface area contributed by atoms with Crippen LogP contribution in [0.25, 0.3) is 11.0 Å². The van der Waals surface area contributed by atoms with E-state index in [2.05, 4.69) is 15.6 Å². The van der Waals surface area contributed by atoms with Gasteiger partial charge in [-0.05, 0) is 145 Å². The van der Waals surface area contributed by atoms with Crippen LogP contribution in [0.3, 0.4) is 0 Å². The zero-order valence-corrected chi connectivity index (χ0v) is 56.3. The monoisotopic (exact) mass is 1340 g/mol. The molecule has 506 valence electrons. The molecule has 7 heterocycles. The molecule has 2 fully saturated rings. The molecule has 1 aromatic carbocycles. The van der Waals surface area contributed by atoms with Crippen LogP contribution in [0, 0.1) is 82.8 Å². The Labute approximate surface area is 547 Å². The predicted octanol–water partition coefficient (Wildman–Crippen LogP) is 2.59. The van der Waals surface area contributed by atoms with Gasteiger partial charge < -0.3 is 86.7 Å². The Hall–Kier alpha value is -6.49. The first-order chi connectivity index (χ1) is 41.8. The molecule has 0 aliphatic carbocycles. The van der Waals surface area contributed by atoms with E-state index in [4.69, 9.17) is 62.2 Å². The zero-order chi connectivity index (χ0) is 66.7. The van der Waals surface area contributed by atoms with Crippen molar-refractivity contribution in [1.82, 2.24) is 15.6 Å². The Morgan fingerprint density at radius 3 is 2.02 bits per heavy atom. The van der Waals surface area contributed by atoms with Gasteiger partial charge in [0.15, 0.2) is 11.0 Å². The number of imidazole rings is 1. The van der Waals surface area contributed by atoms with Gasteiger partial charge in [-0.3, -0.25) is 43.2 Å². The number of aliphatic hydroxyl groups is 2. The Bertz CT molecular complexity index is 3540. The Balaban J connectivity index is 0.00000672. The molecule has 92 heavy (non-hydrogen) atoms. The minimum atomic E-state index is -5.07. The van der Waals surface area contributed by atoms with Gasteiger partial charge in [0.1, 0.15) is 18.3 Å². The van der Waals surface area contributed by atoms with E-state index in [0.717, 1.165) is 16.6 Å². The van der Waals surface area contributed by atoms with E-state index in [1.54, 1.807) is 38.6 Å². The number of hydrogen-bond acceptors (Lipinski definition) is 20. The Kier molecular flexibility index (Phi) is 22.6. The molecule has 27 nitrogen and oxygen atoms in total. The predicted molar refractivity (Wildman–Crippen MR) is 334 cm³/mol. The number of benzene rings is 1. The third-order valence-corrected chi connectivity index (χ3v) is 21.7. The number of aryl methyl sites for hydroxylation is 2. The number of nitrogens with one attached hydrogen (secondary N) is 6. The van der Waals surface area contributed by atoms with Crippen molar-refractivity contribution in [1.29, 1.82) is 16.2 Å².